The summed E-state index contributed by atoms with van der Waals surface area (Å²) in [6.07, 6.45) is 0.477. The van der Waals surface area contributed by atoms with Gasteiger partial charge in [0.25, 0.3) is 5.91 Å². The van der Waals surface area contributed by atoms with E-state index in [9.17, 15) is 18.8 Å². The van der Waals surface area contributed by atoms with E-state index in [0.29, 0.717) is 11.3 Å². The van der Waals surface area contributed by atoms with E-state index in [1.165, 1.54) is 23.1 Å². The monoisotopic (exact) mass is 487 g/mol. The first kappa shape index (κ1) is 23.5. The number of ether oxygens (including phenoxy) is 1. The lowest BCUT2D eigenvalue weighted by Gasteiger charge is -2.24. The third-order valence-electron chi connectivity index (χ3n) is 6.37. The lowest BCUT2D eigenvalue weighted by Crippen LogP contribution is -2.46. The molecule has 3 amide bonds. The Balaban J connectivity index is 1.36. The second kappa shape index (κ2) is 9.81. The van der Waals surface area contributed by atoms with Crippen LogP contribution in [0.25, 0.3) is 0 Å². The molecule has 1 aliphatic carbocycles. The molecule has 184 valence electrons. The summed E-state index contributed by atoms with van der Waals surface area (Å²) in [7, 11) is 0. The van der Waals surface area contributed by atoms with Crippen molar-refractivity contribution in [1.29, 1.82) is 0 Å². The summed E-state index contributed by atoms with van der Waals surface area (Å²) in [6, 6.07) is 19.5. The number of benzene rings is 3. The highest BCUT2D eigenvalue weighted by Crippen LogP contribution is 2.35. The van der Waals surface area contributed by atoms with Gasteiger partial charge in [0.2, 0.25) is 5.91 Å². The number of hydrogen-bond donors (Lipinski definition) is 2. The number of carbonyl (C=O) groups excluding carboxylic acids is 3. The first-order valence-electron chi connectivity index (χ1n) is 11.9. The van der Waals surface area contributed by atoms with Crippen molar-refractivity contribution in [3.8, 4) is 0 Å². The fourth-order valence-corrected chi connectivity index (χ4v) is 4.21. The lowest BCUT2D eigenvalue weighted by molar-refractivity contribution is -0.126. The molecule has 3 aromatic rings. The smallest absolute Gasteiger partial charge is 0.411 e. The van der Waals surface area contributed by atoms with Gasteiger partial charge in [0, 0.05) is 11.7 Å². The quantitative estimate of drug-likeness (QED) is 0.505. The zero-order chi connectivity index (χ0) is 25.2. The van der Waals surface area contributed by atoms with Gasteiger partial charge in [0.05, 0.1) is 12.1 Å². The van der Waals surface area contributed by atoms with Crippen LogP contribution in [-0.2, 0) is 16.1 Å². The predicted octanol–water partition coefficient (Wildman–Crippen LogP) is 4.73. The van der Waals surface area contributed by atoms with Gasteiger partial charge in [-0.3, -0.25) is 14.5 Å². The van der Waals surface area contributed by atoms with Crippen LogP contribution in [0.15, 0.2) is 72.8 Å². The third kappa shape index (κ3) is 5.07. The second-order valence-corrected chi connectivity index (χ2v) is 9.20. The van der Waals surface area contributed by atoms with Crippen molar-refractivity contribution >= 4 is 23.6 Å². The van der Waals surface area contributed by atoms with E-state index in [0.717, 1.165) is 24.0 Å². The van der Waals surface area contributed by atoms with Crippen LogP contribution in [-0.4, -0.2) is 34.9 Å². The van der Waals surface area contributed by atoms with E-state index in [2.05, 4.69) is 10.6 Å². The number of anilines is 1. The summed E-state index contributed by atoms with van der Waals surface area (Å²) in [5.74, 6) is -1.43. The average molecular weight is 488 g/mol. The molecule has 1 aliphatic heterocycles. The minimum atomic E-state index is -0.835. The largest absolute Gasteiger partial charge is 0.438 e. The van der Waals surface area contributed by atoms with E-state index in [-0.39, 0.29) is 24.1 Å². The molecule has 3 aromatic carbocycles. The first-order valence-corrected chi connectivity index (χ1v) is 11.9. The molecule has 1 saturated heterocycles. The molecule has 0 bridgehead atoms. The molecule has 2 N–H and O–H groups in total. The topological polar surface area (TPSA) is 87.7 Å². The number of amides is 3. The molecule has 8 heteroatoms. The molecule has 1 heterocycles. The zero-order valence-electron chi connectivity index (χ0n) is 19.7. The van der Waals surface area contributed by atoms with Crippen molar-refractivity contribution in [3.63, 3.8) is 0 Å². The van der Waals surface area contributed by atoms with E-state index < -0.39 is 30.0 Å². The third-order valence-corrected chi connectivity index (χ3v) is 6.37. The number of halogens is 1. The highest BCUT2D eigenvalue weighted by Gasteiger charge is 2.47. The Morgan fingerprint density at radius 3 is 2.36 bits per heavy atom. The summed E-state index contributed by atoms with van der Waals surface area (Å²) < 4.78 is 19.6. The van der Waals surface area contributed by atoms with Crippen molar-refractivity contribution in [3.05, 3.63) is 101 Å². The average Bonchev–Trinajstić information content (AvgIpc) is 3.62. The predicted molar refractivity (Wildman–Crippen MR) is 132 cm³/mol. The molecule has 0 unspecified atom stereocenters. The Hall–Kier alpha value is -4.20. The Kier molecular flexibility index (Phi) is 6.41. The minimum absolute atomic E-state index is 0.0603. The van der Waals surface area contributed by atoms with Gasteiger partial charge in [0.15, 0.2) is 12.1 Å². The van der Waals surface area contributed by atoms with Crippen LogP contribution in [0.4, 0.5) is 14.9 Å². The van der Waals surface area contributed by atoms with Crippen LogP contribution in [0.5, 0.6) is 0 Å². The molecule has 2 atom stereocenters. The number of nitrogens with zero attached hydrogens (tertiary/aromatic N) is 1. The number of aryl methyl sites for hydroxylation is 1. The van der Waals surface area contributed by atoms with E-state index >= 15 is 0 Å². The first-order chi connectivity index (χ1) is 17.4. The van der Waals surface area contributed by atoms with Crippen LogP contribution in [0, 0.1) is 12.7 Å². The maximum absolute atomic E-state index is 13.9. The van der Waals surface area contributed by atoms with Crippen molar-refractivity contribution in [2.24, 2.45) is 0 Å². The number of nitrogens with one attached hydrogen (secondary N) is 2. The molecule has 2 aliphatic rings. The number of rotatable bonds is 7. The molecular weight excluding hydrogens is 461 g/mol. The van der Waals surface area contributed by atoms with Crippen molar-refractivity contribution in [2.45, 2.75) is 44.5 Å². The molecule has 36 heavy (non-hydrogen) atoms. The summed E-state index contributed by atoms with van der Waals surface area (Å²) in [5.41, 5.74) is 3.01. The standard InChI is InChI=1S/C28H26FN3O4/c1-17-6-8-18(9-7-17)16-32-24(27(34)31-21-14-15-21)25(36-28(32)35)19-10-12-20(13-11-19)30-26(33)22-4-2-3-5-23(22)29/h2-13,21,24-25H,14-16H2,1H3,(H,30,33)(H,31,34)/t24-,25+/m1/s1. The maximum Gasteiger partial charge on any atom is 0.411 e. The Morgan fingerprint density at radius 1 is 1.00 bits per heavy atom. The van der Waals surface area contributed by atoms with Crippen LogP contribution in [0.1, 0.15) is 46.0 Å². The van der Waals surface area contributed by atoms with Crippen molar-refractivity contribution in [1.82, 2.24) is 10.2 Å². The van der Waals surface area contributed by atoms with E-state index in [1.807, 2.05) is 31.2 Å². The van der Waals surface area contributed by atoms with Gasteiger partial charge < -0.3 is 15.4 Å². The van der Waals surface area contributed by atoms with Gasteiger partial charge in [-0.05, 0) is 55.2 Å². The maximum atomic E-state index is 13.9. The molecule has 0 aromatic heterocycles. The molecule has 0 spiro atoms. The van der Waals surface area contributed by atoms with Crippen LogP contribution < -0.4 is 10.6 Å². The van der Waals surface area contributed by atoms with Gasteiger partial charge in [-0.1, -0.05) is 54.1 Å². The van der Waals surface area contributed by atoms with Gasteiger partial charge in [-0.25, -0.2) is 9.18 Å². The van der Waals surface area contributed by atoms with Gasteiger partial charge >= 0.3 is 6.09 Å². The van der Waals surface area contributed by atoms with Crippen molar-refractivity contribution < 1.29 is 23.5 Å². The highest BCUT2D eigenvalue weighted by atomic mass is 19.1. The Bertz CT molecular complexity index is 1290. The summed E-state index contributed by atoms with van der Waals surface area (Å²) in [6.45, 7) is 2.23. The molecule has 7 nitrogen and oxygen atoms in total. The lowest BCUT2D eigenvalue weighted by atomic mass is 10.00. The molecular formula is C28H26FN3O4. The van der Waals surface area contributed by atoms with Gasteiger partial charge in [-0.2, -0.15) is 0 Å². The Labute approximate surface area is 208 Å². The zero-order valence-corrected chi connectivity index (χ0v) is 19.7. The van der Waals surface area contributed by atoms with Crippen LogP contribution in [0.3, 0.4) is 0 Å². The highest BCUT2D eigenvalue weighted by molar-refractivity contribution is 6.04. The molecule has 5 rings (SSSR count). The van der Waals surface area contributed by atoms with Crippen molar-refractivity contribution in [2.75, 3.05) is 5.32 Å². The fourth-order valence-electron chi connectivity index (χ4n) is 4.21. The summed E-state index contributed by atoms with van der Waals surface area (Å²) in [4.78, 5) is 40.0. The van der Waals surface area contributed by atoms with Crippen LogP contribution >= 0.6 is 0 Å². The van der Waals surface area contributed by atoms with E-state index in [1.54, 1.807) is 30.3 Å². The number of cyclic esters (lactones) is 1. The summed E-state index contributed by atoms with van der Waals surface area (Å²) >= 11 is 0. The Morgan fingerprint density at radius 2 is 1.69 bits per heavy atom. The van der Waals surface area contributed by atoms with Crippen LogP contribution in [0.2, 0.25) is 0 Å². The van der Waals surface area contributed by atoms with Gasteiger partial charge in [-0.15, -0.1) is 0 Å². The molecule has 2 fully saturated rings. The van der Waals surface area contributed by atoms with E-state index in [4.69, 9.17) is 4.74 Å². The fraction of sp³-hybridized carbons (Fsp3) is 0.250. The normalized spacial score (nSPS) is 19.1. The molecule has 1 saturated carbocycles. The second-order valence-electron chi connectivity index (χ2n) is 9.20. The van der Waals surface area contributed by atoms with Gasteiger partial charge in [0.1, 0.15) is 5.82 Å². The SMILES string of the molecule is Cc1ccc(CN2C(=O)O[C@@H](c3ccc(NC(=O)c4ccccc4F)cc3)[C@@H]2C(=O)NC2CC2)cc1. The molecule has 0 radical (unpaired) electrons. The minimum Gasteiger partial charge on any atom is -0.438 e. The number of carbonyl (C=O) groups is 3. The summed E-state index contributed by atoms with van der Waals surface area (Å²) in [5, 5.41) is 5.66. The number of hydrogen-bond acceptors (Lipinski definition) is 4.